The second-order valence-electron chi connectivity index (χ2n) is 4.48. The van der Waals surface area contributed by atoms with Crippen LogP contribution in [0, 0.1) is 6.92 Å². The smallest absolute Gasteiger partial charge is 0.122 e. The van der Waals surface area contributed by atoms with E-state index in [1.54, 1.807) is 7.11 Å². The SMILES string of the molecule is COc1cccc(C)c1CCC1(O)CC1. The van der Waals surface area contributed by atoms with Crippen molar-refractivity contribution in [3.63, 3.8) is 0 Å². The zero-order valence-corrected chi connectivity index (χ0v) is 9.42. The molecule has 1 aromatic rings. The van der Waals surface area contributed by atoms with Crippen molar-refractivity contribution in [2.75, 3.05) is 7.11 Å². The molecule has 0 aromatic heterocycles. The van der Waals surface area contributed by atoms with Crippen LogP contribution < -0.4 is 4.74 Å². The predicted molar refractivity (Wildman–Crippen MR) is 60.2 cm³/mol. The molecule has 1 aromatic carbocycles. The zero-order chi connectivity index (χ0) is 10.9. The summed E-state index contributed by atoms with van der Waals surface area (Å²) < 4.78 is 5.33. The number of ether oxygens (including phenoxy) is 1. The molecule has 1 aliphatic rings. The topological polar surface area (TPSA) is 29.5 Å². The van der Waals surface area contributed by atoms with Gasteiger partial charge in [-0.1, -0.05) is 12.1 Å². The Morgan fingerprint density at radius 2 is 2.13 bits per heavy atom. The second kappa shape index (κ2) is 3.86. The van der Waals surface area contributed by atoms with Crippen molar-refractivity contribution < 1.29 is 9.84 Å². The largest absolute Gasteiger partial charge is 0.496 e. The first-order valence-electron chi connectivity index (χ1n) is 5.49. The minimum atomic E-state index is -0.368. The highest BCUT2D eigenvalue weighted by Crippen LogP contribution is 2.40. The van der Waals surface area contributed by atoms with E-state index in [-0.39, 0.29) is 5.60 Å². The van der Waals surface area contributed by atoms with Gasteiger partial charge in [-0.2, -0.15) is 0 Å². The first-order valence-corrected chi connectivity index (χ1v) is 5.49. The molecule has 0 atom stereocenters. The molecule has 1 N–H and O–H groups in total. The summed E-state index contributed by atoms with van der Waals surface area (Å²) in [6, 6.07) is 6.08. The van der Waals surface area contributed by atoms with Gasteiger partial charge in [-0.05, 0) is 49.8 Å². The maximum Gasteiger partial charge on any atom is 0.122 e. The number of rotatable bonds is 4. The van der Waals surface area contributed by atoms with Gasteiger partial charge in [-0.25, -0.2) is 0 Å². The Kier molecular flexibility index (Phi) is 2.70. The van der Waals surface area contributed by atoms with Crippen LogP contribution in [0.3, 0.4) is 0 Å². The molecule has 0 radical (unpaired) electrons. The lowest BCUT2D eigenvalue weighted by atomic mass is 10.00. The Bertz CT molecular complexity index is 354. The Morgan fingerprint density at radius 3 is 2.73 bits per heavy atom. The van der Waals surface area contributed by atoms with Crippen LogP contribution in [0.5, 0.6) is 5.75 Å². The number of aliphatic hydroxyl groups is 1. The summed E-state index contributed by atoms with van der Waals surface area (Å²) in [5.41, 5.74) is 2.12. The minimum Gasteiger partial charge on any atom is -0.496 e. The molecular weight excluding hydrogens is 188 g/mol. The highest BCUT2D eigenvalue weighted by atomic mass is 16.5. The van der Waals surface area contributed by atoms with E-state index in [9.17, 15) is 5.11 Å². The van der Waals surface area contributed by atoms with Crippen LogP contribution in [-0.2, 0) is 6.42 Å². The summed E-state index contributed by atoms with van der Waals surface area (Å²) in [5.74, 6) is 0.944. The molecule has 0 unspecified atom stereocenters. The zero-order valence-electron chi connectivity index (χ0n) is 9.42. The normalized spacial score (nSPS) is 17.5. The molecule has 0 amide bonds. The van der Waals surface area contributed by atoms with Crippen LogP contribution in [0.15, 0.2) is 18.2 Å². The van der Waals surface area contributed by atoms with Crippen LogP contribution in [0.1, 0.15) is 30.4 Å². The predicted octanol–water partition coefficient (Wildman–Crippen LogP) is 2.46. The fourth-order valence-corrected chi connectivity index (χ4v) is 1.94. The van der Waals surface area contributed by atoms with E-state index >= 15 is 0 Å². The molecule has 0 aliphatic heterocycles. The summed E-state index contributed by atoms with van der Waals surface area (Å²) in [6.07, 6.45) is 3.68. The van der Waals surface area contributed by atoms with Gasteiger partial charge in [0.05, 0.1) is 12.7 Å². The lowest BCUT2D eigenvalue weighted by molar-refractivity contribution is 0.140. The van der Waals surface area contributed by atoms with Gasteiger partial charge in [-0.15, -0.1) is 0 Å². The van der Waals surface area contributed by atoms with Crippen molar-refractivity contribution in [1.29, 1.82) is 0 Å². The van der Waals surface area contributed by atoms with Crippen LogP contribution in [-0.4, -0.2) is 17.8 Å². The van der Waals surface area contributed by atoms with Crippen molar-refractivity contribution in [3.05, 3.63) is 29.3 Å². The summed E-state index contributed by atoms with van der Waals surface area (Å²) in [7, 11) is 1.70. The van der Waals surface area contributed by atoms with Gasteiger partial charge in [0.2, 0.25) is 0 Å². The maximum atomic E-state index is 9.80. The van der Waals surface area contributed by atoms with Crippen LogP contribution in [0.4, 0.5) is 0 Å². The number of benzene rings is 1. The number of methoxy groups -OCH3 is 1. The Morgan fingerprint density at radius 1 is 1.40 bits per heavy atom. The highest BCUT2D eigenvalue weighted by Gasteiger charge is 2.39. The van der Waals surface area contributed by atoms with E-state index in [0.717, 1.165) is 31.4 Å². The van der Waals surface area contributed by atoms with Gasteiger partial charge in [0.15, 0.2) is 0 Å². The van der Waals surface area contributed by atoms with Gasteiger partial charge < -0.3 is 9.84 Å². The third kappa shape index (κ3) is 2.32. The number of hydrogen-bond donors (Lipinski definition) is 1. The number of aryl methyl sites for hydroxylation is 1. The molecule has 15 heavy (non-hydrogen) atoms. The summed E-state index contributed by atoms with van der Waals surface area (Å²) in [4.78, 5) is 0. The third-order valence-electron chi connectivity index (χ3n) is 3.25. The van der Waals surface area contributed by atoms with Crippen LogP contribution in [0.25, 0.3) is 0 Å². The lowest BCUT2D eigenvalue weighted by Gasteiger charge is -2.13. The van der Waals surface area contributed by atoms with Crippen LogP contribution >= 0.6 is 0 Å². The maximum absolute atomic E-state index is 9.80. The molecule has 0 heterocycles. The van der Waals surface area contributed by atoms with E-state index < -0.39 is 0 Å². The lowest BCUT2D eigenvalue weighted by Crippen LogP contribution is -2.09. The van der Waals surface area contributed by atoms with Gasteiger partial charge in [0, 0.05) is 0 Å². The van der Waals surface area contributed by atoms with E-state index in [1.807, 2.05) is 12.1 Å². The quantitative estimate of drug-likeness (QED) is 0.820. The number of hydrogen-bond acceptors (Lipinski definition) is 2. The van der Waals surface area contributed by atoms with Crippen molar-refractivity contribution >= 4 is 0 Å². The van der Waals surface area contributed by atoms with Crippen molar-refractivity contribution in [2.24, 2.45) is 0 Å². The van der Waals surface area contributed by atoms with E-state index in [2.05, 4.69) is 13.0 Å². The van der Waals surface area contributed by atoms with Gasteiger partial charge in [0.1, 0.15) is 5.75 Å². The average molecular weight is 206 g/mol. The Hall–Kier alpha value is -1.02. The second-order valence-corrected chi connectivity index (χ2v) is 4.48. The van der Waals surface area contributed by atoms with Crippen molar-refractivity contribution in [2.45, 2.75) is 38.2 Å². The minimum absolute atomic E-state index is 0.368. The third-order valence-corrected chi connectivity index (χ3v) is 3.25. The molecule has 0 bridgehead atoms. The fraction of sp³-hybridized carbons (Fsp3) is 0.538. The first kappa shape index (κ1) is 10.5. The molecular formula is C13H18O2. The van der Waals surface area contributed by atoms with Crippen molar-refractivity contribution in [1.82, 2.24) is 0 Å². The summed E-state index contributed by atoms with van der Waals surface area (Å²) in [5, 5.41) is 9.80. The monoisotopic (exact) mass is 206 g/mol. The van der Waals surface area contributed by atoms with Gasteiger partial charge in [-0.3, -0.25) is 0 Å². The van der Waals surface area contributed by atoms with E-state index in [1.165, 1.54) is 11.1 Å². The fourth-order valence-electron chi connectivity index (χ4n) is 1.94. The summed E-state index contributed by atoms with van der Waals surface area (Å²) in [6.45, 7) is 2.09. The molecule has 2 heteroatoms. The molecule has 1 saturated carbocycles. The molecule has 2 nitrogen and oxygen atoms in total. The molecule has 1 aliphatic carbocycles. The molecule has 82 valence electrons. The molecule has 2 rings (SSSR count). The molecule has 0 spiro atoms. The summed E-state index contributed by atoms with van der Waals surface area (Å²) >= 11 is 0. The molecule has 0 saturated heterocycles. The van der Waals surface area contributed by atoms with E-state index in [0.29, 0.717) is 0 Å². The molecule has 1 fully saturated rings. The van der Waals surface area contributed by atoms with Crippen LogP contribution in [0.2, 0.25) is 0 Å². The van der Waals surface area contributed by atoms with Gasteiger partial charge >= 0.3 is 0 Å². The first-order chi connectivity index (χ1) is 7.14. The Balaban J connectivity index is 2.11. The average Bonchev–Trinajstić information content (AvgIpc) is 2.95. The van der Waals surface area contributed by atoms with E-state index in [4.69, 9.17) is 4.74 Å². The van der Waals surface area contributed by atoms with Gasteiger partial charge in [0.25, 0.3) is 0 Å². The van der Waals surface area contributed by atoms with Crippen molar-refractivity contribution in [3.8, 4) is 5.75 Å². The Labute approximate surface area is 90.9 Å². The standard InChI is InChI=1S/C13H18O2/c1-10-4-3-5-12(15-2)11(10)6-7-13(14)8-9-13/h3-5,14H,6-9H2,1-2H3. The highest BCUT2D eigenvalue weighted by molar-refractivity contribution is 5.39.